The fourth-order valence-corrected chi connectivity index (χ4v) is 5.39. The highest BCUT2D eigenvalue weighted by Crippen LogP contribution is 2.39. The first-order chi connectivity index (χ1) is 18.3. The maximum atomic E-state index is 3.72. The van der Waals surface area contributed by atoms with Crippen molar-refractivity contribution in [3.63, 3.8) is 0 Å². The topological polar surface area (TPSA) is 12.0 Å². The van der Waals surface area contributed by atoms with E-state index in [1.807, 2.05) is 0 Å². The predicted molar refractivity (Wildman–Crippen MR) is 160 cm³/mol. The van der Waals surface area contributed by atoms with Gasteiger partial charge in [-0.3, -0.25) is 0 Å². The maximum absolute atomic E-state index is 3.72. The second-order valence-corrected chi connectivity index (χ2v) is 9.50. The third-order valence-electron chi connectivity index (χ3n) is 7.21. The summed E-state index contributed by atoms with van der Waals surface area (Å²) in [7, 11) is 0. The molecule has 174 valence electrons. The van der Waals surface area contributed by atoms with E-state index in [1.54, 1.807) is 0 Å². The molecule has 7 rings (SSSR count). The number of anilines is 2. The molecule has 37 heavy (non-hydrogen) atoms. The number of benzene rings is 7. The van der Waals surface area contributed by atoms with Crippen LogP contribution in [-0.4, -0.2) is 0 Å². The van der Waals surface area contributed by atoms with Gasteiger partial charge >= 0.3 is 0 Å². The first-order valence-electron chi connectivity index (χ1n) is 12.7. The van der Waals surface area contributed by atoms with Crippen LogP contribution in [0.1, 0.15) is 0 Å². The third-order valence-corrected chi connectivity index (χ3v) is 7.21. The van der Waals surface area contributed by atoms with Crippen LogP contribution in [0.4, 0.5) is 11.4 Å². The Hall–Kier alpha value is -4.88. The maximum Gasteiger partial charge on any atom is 0.0470 e. The lowest BCUT2D eigenvalue weighted by atomic mass is 9.92. The minimum atomic E-state index is 1.07. The number of hydrogen-bond acceptors (Lipinski definition) is 1. The first kappa shape index (κ1) is 21.4. The van der Waals surface area contributed by atoms with Crippen LogP contribution in [0.25, 0.3) is 54.6 Å². The number of nitrogens with one attached hydrogen (secondary N) is 1. The van der Waals surface area contributed by atoms with Crippen molar-refractivity contribution in [2.75, 3.05) is 5.32 Å². The summed E-state index contributed by atoms with van der Waals surface area (Å²) < 4.78 is 0. The van der Waals surface area contributed by atoms with Crippen molar-refractivity contribution in [2.45, 2.75) is 0 Å². The van der Waals surface area contributed by atoms with Crippen LogP contribution in [0, 0.1) is 0 Å². The van der Waals surface area contributed by atoms with Gasteiger partial charge in [0.15, 0.2) is 0 Å². The van der Waals surface area contributed by atoms with Crippen molar-refractivity contribution < 1.29 is 0 Å². The van der Waals surface area contributed by atoms with Crippen molar-refractivity contribution >= 4 is 43.7 Å². The van der Waals surface area contributed by atoms with Gasteiger partial charge in [-0.15, -0.1) is 0 Å². The fraction of sp³-hybridized carbons (Fsp3) is 0. The largest absolute Gasteiger partial charge is 0.355 e. The Bertz CT molecular complexity index is 1880. The Morgan fingerprint density at radius 2 is 0.919 bits per heavy atom. The number of hydrogen-bond donors (Lipinski definition) is 1. The van der Waals surface area contributed by atoms with Gasteiger partial charge in [-0.05, 0) is 79.5 Å². The average molecular weight is 472 g/mol. The molecule has 0 aromatic heterocycles. The van der Waals surface area contributed by atoms with E-state index in [-0.39, 0.29) is 0 Å². The minimum absolute atomic E-state index is 1.07. The molecule has 1 heteroatoms. The molecule has 0 unspecified atom stereocenters. The molecule has 0 amide bonds. The zero-order valence-corrected chi connectivity index (χ0v) is 20.4. The summed E-state index contributed by atoms with van der Waals surface area (Å²) in [5.74, 6) is 0. The van der Waals surface area contributed by atoms with Crippen molar-refractivity contribution in [1.29, 1.82) is 0 Å². The van der Waals surface area contributed by atoms with Crippen molar-refractivity contribution in [3.05, 3.63) is 146 Å². The molecule has 1 N–H and O–H groups in total. The summed E-state index contributed by atoms with van der Waals surface area (Å²) in [6, 6.07) is 52.1. The van der Waals surface area contributed by atoms with E-state index in [1.165, 1.54) is 54.6 Å². The van der Waals surface area contributed by atoms with E-state index >= 15 is 0 Å². The summed E-state index contributed by atoms with van der Waals surface area (Å²) in [6.07, 6.45) is 0. The molecule has 0 spiro atoms. The van der Waals surface area contributed by atoms with Gasteiger partial charge in [0.2, 0.25) is 0 Å². The monoisotopic (exact) mass is 471 g/mol. The van der Waals surface area contributed by atoms with Gasteiger partial charge in [-0.1, -0.05) is 115 Å². The lowest BCUT2D eigenvalue weighted by Crippen LogP contribution is -1.93. The third kappa shape index (κ3) is 3.91. The number of rotatable bonds is 4. The van der Waals surface area contributed by atoms with Crippen molar-refractivity contribution in [1.82, 2.24) is 0 Å². The molecule has 0 aliphatic heterocycles. The summed E-state index contributed by atoms with van der Waals surface area (Å²) in [5.41, 5.74) is 7.09. The molecule has 0 aliphatic rings. The highest BCUT2D eigenvalue weighted by Gasteiger charge is 2.12. The molecule has 0 heterocycles. The summed E-state index contributed by atoms with van der Waals surface area (Å²) in [4.78, 5) is 0. The van der Waals surface area contributed by atoms with Crippen LogP contribution in [0.3, 0.4) is 0 Å². The Balaban J connectivity index is 1.37. The van der Waals surface area contributed by atoms with Gasteiger partial charge < -0.3 is 5.32 Å². The van der Waals surface area contributed by atoms with Crippen LogP contribution in [-0.2, 0) is 0 Å². The molecular formula is C36H25N. The summed E-state index contributed by atoms with van der Waals surface area (Å²) in [5, 5.41) is 11.3. The molecular weight excluding hydrogens is 446 g/mol. The SMILES string of the molecule is c1ccc(-c2ccc(Nc3cc(-c4cc5ccccc5c5ccccc45)cc4ccccc34)cc2)cc1. The van der Waals surface area contributed by atoms with Gasteiger partial charge in [0.1, 0.15) is 0 Å². The van der Waals surface area contributed by atoms with E-state index in [9.17, 15) is 0 Å². The molecule has 0 fully saturated rings. The quantitative estimate of drug-likeness (QED) is 0.252. The molecule has 7 aromatic rings. The lowest BCUT2D eigenvalue weighted by Gasteiger charge is -2.16. The van der Waals surface area contributed by atoms with Crippen molar-refractivity contribution in [3.8, 4) is 22.3 Å². The smallest absolute Gasteiger partial charge is 0.0470 e. The van der Waals surface area contributed by atoms with Gasteiger partial charge in [-0.25, -0.2) is 0 Å². The predicted octanol–water partition coefficient (Wildman–Crippen LogP) is 10.2. The minimum Gasteiger partial charge on any atom is -0.355 e. The molecule has 0 radical (unpaired) electrons. The standard InChI is InChI=1S/C36H25N/c1-2-10-25(11-3-1)26-18-20-30(21-19-26)37-36-24-29(22-27-12-5-7-15-32(27)36)35-23-28-13-4-6-14-31(28)33-16-8-9-17-34(33)35/h1-24,37H. The van der Waals surface area contributed by atoms with Gasteiger partial charge in [0, 0.05) is 16.8 Å². The van der Waals surface area contributed by atoms with E-state index < -0.39 is 0 Å². The Morgan fingerprint density at radius 1 is 0.351 bits per heavy atom. The molecule has 0 atom stereocenters. The zero-order chi connectivity index (χ0) is 24.6. The van der Waals surface area contributed by atoms with E-state index in [0.29, 0.717) is 0 Å². The van der Waals surface area contributed by atoms with E-state index in [2.05, 4.69) is 151 Å². The average Bonchev–Trinajstić information content (AvgIpc) is 2.97. The molecule has 0 bridgehead atoms. The normalized spacial score (nSPS) is 11.2. The van der Waals surface area contributed by atoms with Crippen LogP contribution >= 0.6 is 0 Å². The van der Waals surface area contributed by atoms with Crippen LogP contribution in [0.15, 0.2) is 146 Å². The van der Waals surface area contributed by atoms with E-state index in [4.69, 9.17) is 0 Å². The summed E-state index contributed by atoms with van der Waals surface area (Å²) >= 11 is 0. The Morgan fingerprint density at radius 3 is 1.68 bits per heavy atom. The van der Waals surface area contributed by atoms with Crippen LogP contribution in [0.5, 0.6) is 0 Å². The van der Waals surface area contributed by atoms with Crippen molar-refractivity contribution in [2.24, 2.45) is 0 Å². The molecule has 1 nitrogen and oxygen atoms in total. The van der Waals surface area contributed by atoms with Crippen LogP contribution in [0.2, 0.25) is 0 Å². The van der Waals surface area contributed by atoms with Gasteiger partial charge in [0.05, 0.1) is 0 Å². The Kier molecular flexibility index (Phi) is 5.19. The number of fused-ring (bicyclic) bond motifs is 4. The molecule has 0 saturated heterocycles. The Labute approximate surface area is 216 Å². The van der Waals surface area contributed by atoms with Gasteiger partial charge in [0.25, 0.3) is 0 Å². The zero-order valence-electron chi connectivity index (χ0n) is 20.4. The summed E-state index contributed by atoms with van der Waals surface area (Å²) in [6.45, 7) is 0. The first-order valence-corrected chi connectivity index (χ1v) is 12.7. The second-order valence-electron chi connectivity index (χ2n) is 9.50. The highest BCUT2D eigenvalue weighted by molar-refractivity contribution is 6.14. The molecule has 0 saturated carbocycles. The van der Waals surface area contributed by atoms with Gasteiger partial charge in [-0.2, -0.15) is 0 Å². The highest BCUT2D eigenvalue weighted by atomic mass is 14.9. The fourth-order valence-electron chi connectivity index (χ4n) is 5.39. The molecule has 0 aliphatic carbocycles. The molecule has 7 aromatic carbocycles. The second kappa shape index (κ2) is 8.96. The van der Waals surface area contributed by atoms with Crippen LogP contribution < -0.4 is 5.32 Å². The van der Waals surface area contributed by atoms with E-state index in [0.717, 1.165) is 11.4 Å². The lowest BCUT2D eigenvalue weighted by molar-refractivity contribution is 1.56.